The number of quaternary nitrogens is 1. The highest BCUT2D eigenvalue weighted by Gasteiger charge is 2.29. The van der Waals surface area contributed by atoms with Crippen molar-refractivity contribution in [2.75, 3.05) is 21.1 Å². The maximum Gasteiger partial charge on any atom is 0.275 e. The number of nitrogens with zero attached hydrogens (tertiary/aromatic N) is 2. The van der Waals surface area contributed by atoms with Crippen molar-refractivity contribution in [3.63, 3.8) is 0 Å². The number of primary amides is 1. The van der Waals surface area contributed by atoms with Gasteiger partial charge in [-0.1, -0.05) is 0 Å². The van der Waals surface area contributed by atoms with Gasteiger partial charge in [-0.3, -0.25) is 4.79 Å². The zero-order valence-corrected chi connectivity index (χ0v) is 12.6. The van der Waals surface area contributed by atoms with Crippen LogP contribution in [-0.2, 0) is 22.4 Å². The Hall–Kier alpha value is -1.93. The molecule has 0 bridgehead atoms. The second-order valence-electron chi connectivity index (χ2n) is 6.06. The Bertz CT molecular complexity index is 506. The zero-order chi connectivity index (χ0) is 16.2. The Morgan fingerprint density at radius 2 is 2.05 bits per heavy atom. The number of aromatic nitrogens is 2. The predicted molar refractivity (Wildman–Crippen MR) is 74.6 cm³/mol. The third-order valence-corrected chi connectivity index (χ3v) is 3.34. The van der Waals surface area contributed by atoms with Crippen molar-refractivity contribution < 1.29 is 19.2 Å². The number of H-pyrrole nitrogens is 1. The number of carboxylic acid groups (broad SMARTS) is 1. The molecule has 1 rings (SSSR count). The van der Waals surface area contributed by atoms with Gasteiger partial charge in [-0.2, -0.15) is 0 Å². The molecule has 8 nitrogen and oxygen atoms in total. The van der Waals surface area contributed by atoms with E-state index in [0.29, 0.717) is 28.8 Å². The van der Waals surface area contributed by atoms with E-state index in [2.05, 4.69) is 9.97 Å². The first-order valence-electron chi connectivity index (χ1n) is 6.71. The second kappa shape index (κ2) is 6.68. The molecule has 8 heteroatoms. The number of carboxylic acids is 1. The number of hydrogen-bond acceptors (Lipinski definition) is 5. The number of carbonyl (C=O) groups excluding carboxylic acids is 2. The van der Waals surface area contributed by atoms with Gasteiger partial charge in [0.1, 0.15) is 5.82 Å². The van der Waals surface area contributed by atoms with Crippen molar-refractivity contribution in [3.8, 4) is 0 Å². The summed E-state index contributed by atoms with van der Waals surface area (Å²) < 4.78 is 0.443. The Morgan fingerprint density at radius 3 is 2.52 bits per heavy atom. The van der Waals surface area contributed by atoms with Crippen molar-refractivity contribution in [2.45, 2.75) is 31.3 Å². The molecule has 1 heterocycles. The van der Waals surface area contributed by atoms with E-state index in [1.807, 2.05) is 21.1 Å². The molecule has 0 saturated carbocycles. The van der Waals surface area contributed by atoms with E-state index in [-0.39, 0.29) is 18.4 Å². The fourth-order valence-corrected chi connectivity index (χ4v) is 2.14. The largest absolute Gasteiger partial charge is 0.548 e. The third-order valence-electron chi connectivity index (χ3n) is 3.34. The van der Waals surface area contributed by atoms with E-state index in [1.54, 1.807) is 6.20 Å². The Labute approximate surface area is 123 Å². The topological polar surface area (TPSA) is 138 Å². The molecule has 0 fully saturated rings. The number of rotatable bonds is 8. The molecule has 0 aliphatic heterocycles. The summed E-state index contributed by atoms with van der Waals surface area (Å²) in [6.45, 7) is 0. The average Bonchev–Trinajstić information content (AvgIpc) is 2.74. The van der Waals surface area contributed by atoms with Gasteiger partial charge in [0, 0.05) is 37.2 Å². The van der Waals surface area contributed by atoms with Crippen LogP contribution in [0, 0.1) is 0 Å². The minimum absolute atomic E-state index is 0.129. The van der Waals surface area contributed by atoms with Crippen LogP contribution in [-0.4, -0.2) is 59.6 Å². The Balaban J connectivity index is 2.62. The average molecular weight is 297 g/mol. The molecule has 0 aliphatic carbocycles. The number of aliphatic carboxylic acids is 1. The van der Waals surface area contributed by atoms with Gasteiger partial charge in [-0.05, 0) is 0 Å². The number of nitrogens with two attached hydrogens (primary N) is 2. The molecule has 118 valence electrons. The SMILES string of the molecule is C[N+](C)(C)C(CCc1ncc(CC(N)C(=O)[O-])[nH]1)C(N)=O. The predicted octanol–water partition coefficient (Wildman–Crippen LogP) is -2.48. The van der Waals surface area contributed by atoms with Gasteiger partial charge in [0.15, 0.2) is 6.04 Å². The summed E-state index contributed by atoms with van der Waals surface area (Å²) in [5.41, 5.74) is 11.4. The van der Waals surface area contributed by atoms with Gasteiger partial charge in [-0.25, -0.2) is 4.98 Å². The van der Waals surface area contributed by atoms with E-state index in [0.717, 1.165) is 0 Å². The van der Waals surface area contributed by atoms with Crippen LogP contribution in [0.5, 0.6) is 0 Å². The Morgan fingerprint density at radius 1 is 1.43 bits per heavy atom. The fourth-order valence-electron chi connectivity index (χ4n) is 2.14. The number of amides is 1. The summed E-state index contributed by atoms with van der Waals surface area (Å²) >= 11 is 0. The van der Waals surface area contributed by atoms with Crippen LogP contribution in [0.4, 0.5) is 0 Å². The standard InChI is InChI=1S/C13H23N5O3/c1-18(2,3)10(12(15)19)4-5-11-16-7-8(17-11)6-9(14)13(20)21/h7,9-10H,4-6,14H2,1-3H3,(H3-,15,16,17,19,20,21). The molecule has 5 N–H and O–H groups in total. The summed E-state index contributed by atoms with van der Waals surface area (Å²) in [7, 11) is 5.71. The lowest BCUT2D eigenvalue weighted by molar-refractivity contribution is -0.886. The van der Waals surface area contributed by atoms with E-state index < -0.39 is 12.0 Å². The van der Waals surface area contributed by atoms with Crippen LogP contribution >= 0.6 is 0 Å². The molecule has 0 aromatic carbocycles. The van der Waals surface area contributed by atoms with Crippen LogP contribution < -0.4 is 16.6 Å². The van der Waals surface area contributed by atoms with Gasteiger partial charge in [0.25, 0.3) is 5.91 Å². The van der Waals surface area contributed by atoms with Gasteiger partial charge in [-0.15, -0.1) is 0 Å². The maximum atomic E-state index is 11.5. The molecule has 0 radical (unpaired) electrons. The number of aromatic amines is 1. The minimum Gasteiger partial charge on any atom is -0.548 e. The number of carbonyl (C=O) groups is 2. The molecule has 1 aromatic heterocycles. The van der Waals surface area contributed by atoms with Crippen LogP contribution in [0.1, 0.15) is 17.9 Å². The summed E-state index contributed by atoms with van der Waals surface area (Å²) in [6, 6.07) is -1.38. The van der Waals surface area contributed by atoms with E-state index in [1.165, 1.54) is 0 Å². The van der Waals surface area contributed by atoms with E-state index >= 15 is 0 Å². The van der Waals surface area contributed by atoms with E-state index in [9.17, 15) is 14.7 Å². The fraction of sp³-hybridized carbons (Fsp3) is 0.615. The van der Waals surface area contributed by atoms with Crippen molar-refractivity contribution in [3.05, 3.63) is 17.7 Å². The number of hydrogen-bond donors (Lipinski definition) is 3. The highest BCUT2D eigenvalue weighted by molar-refractivity contribution is 5.78. The van der Waals surface area contributed by atoms with Gasteiger partial charge >= 0.3 is 0 Å². The molecule has 1 amide bonds. The van der Waals surface area contributed by atoms with Crippen molar-refractivity contribution in [1.29, 1.82) is 0 Å². The summed E-state index contributed by atoms with van der Waals surface area (Å²) in [5, 5.41) is 10.6. The van der Waals surface area contributed by atoms with Crippen LogP contribution in [0.25, 0.3) is 0 Å². The number of nitrogens with one attached hydrogen (secondary N) is 1. The normalized spacial score (nSPS) is 14.7. The number of aryl methyl sites for hydroxylation is 1. The number of likely N-dealkylation sites (N-methyl/N-ethyl adjacent to an activating group) is 1. The first kappa shape index (κ1) is 17.1. The van der Waals surface area contributed by atoms with Crippen molar-refractivity contribution in [1.82, 2.24) is 9.97 Å². The highest BCUT2D eigenvalue weighted by Crippen LogP contribution is 2.11. The molecule has 1 aromatic rings. The maximum absolute atomic E-state index is 11.5. The highest BCUT2D eigenvalue weighted by atomic mass is 16.4. The van der Waals surface area contributed by atoms with Gasteiger partial charge < -0.3 is 30.8 Å². The molecule has 0 saturated heterocycles. The Kier molecular flexibility index (Phi) is 5.45. The van der Waals surface area contributed by atoms with E-state index in [4.69, 9.17) is 11.5 Å². The smallest absolute Gasteiger partial charge is 0.275 e. The van der Waals surface area contributed by atoms with Crippen LogP contribution in [0.15, 0.2) is 6.20 Å². The lowest BCUT2D eigenvalue weighted by Crippen LogP contribution is -2.52. The first-order valence-corrected chi connectivity index (χ1v) is 6.71. The number of imidazole rings is 1. The zero-order valence-electron chi connectivity index (χ0n) is 12.6. The quantitative estimate of drug-likeness (QED) is 0.456. The van der Waals surface area contributed by atoms with Crippen molar-refractivity contribution >= 4 is 11.9 Å². The molecular formula is C13H23N5O3. The third kappa shape index (κ3) is 5.16. The lowest BCUT2D eigenvalue weighted by atomic mass is 10.1. The first-order chi connectivity index (χ1) is 9.61. The minimum atomic E-state index is -1.30. The van der Waals surface area contributed by atoms with Crippen LogP contribution in [0.2, 0.25) is 0 Å². The monoisotopic (exact) mass is 297 g/mol. The molecule has 0 spiro atoms. The summed E-state index contributed by atoms with van der Waals surface area (Å²) in [5.74, 6) is -0.978. The molecule has 0 aliphatic rings. The molecule has 2 unspecified atom stereocenters. The second-order valence-corrected chi connectivity index (χ2v) is 6.06. The summed E-state index contributed by atoms with van der Waals surface area (Å²) in [4.78, 5) is 29.2. The van der Waals surface area contributed by atoms with Crippen molar-refractivity contribution in [2.24, 2.45) is 11.5 Å². The van der Waals surface area contributed by atoms with Gasteiger partial charge in [0.05, 0.1) is 27.1 Å². The summed E-state index contributed by atoms with van der Waals surface area (Å²) in [6.07, 6.45) is 2.77. The molecule has 2 atom stereocenters. The molecular weight excluding hydrogens is 274 g/mol. The van der Waals surface area contributed by atoms with Crippen LogP contribution in [0.3, 0.4) is 0 Å². The molecule has 21 heavy (non-hydrogen) atoms. The van der Waals surface area contributed by atoms with Gasteiger partial charge in [0.2, 0.25) is 0 Å². The lowest BCUT2D eigenvalue weighted by Gasteiger charge is -2.31.